The van der Waals surface area contributed by atoms with Crippen molar-refractivity contribution in [3.63, 3.8) is 0 Å². The number of carbonyl (C=O) groups is 1. The fourth-order valence-corrected chi connectivity index (χ4v) is 3.89. The molecule has 1 aliphatic heterocycles. The summed E-state index contributed by atoms with van der Waals surface area (Å²) < 4.78 is 7.26. The Morgan fingerprint density at radius 1 is 1.14 bits per heavy atom. The minimum absolute atomic E-state index is 0.118. The van der Waals surface area contributed by atoms with E-state index in [-0.39, 0.29) is 18.0 Å². The van der Waals surface area contributed by atoms with Crippen molar-refractivity contribution in [1.29, 1.82) is 0 Å². The van der Waals surface area contributed by atoms with Crippen molar-refractivity contribution < 1.29 is 9.53 Å². The van der Waals surface area contributed by atoms with Gasteiger partial charge in [-0.15, -0.1) is 0 Å². The summed E-state index contributed by atoms with van der Waals surface area (Å²) in [5.41, 5.74) is 1.30. The zero-order valence-electron chi connectivity index (χ0n) is 17.3. The highest BCUT2D eigenvalue weighted by Crippen LogP contribution is 2.20. The minimum Gasteiger partial charge on any atom is -0.497 e. The molecule has 1 saturated heterocycles. The molecular weight excluding hydrogens is 350 g/mol. The van der Waals surface area contributed by atoms with Gasteiger partial charge in [0.05, 0.1) is 7.11 Å². The molecule has 1 aliphatic rings. The number of nitrogens with zero attached hydrogens (tertiary/aromatic N) is 2. The van der Waals surface area contributed by atoms with Crippen molar-refractivity contribution in [3.8, 4) is 5.75 Å². The summed E-state index contributed by atoms with van der Waals surface area (Å²) in [6, 6.07) is 12.4. The lowest BCUT2D eigenvalue weighted by molar-refractivity contribution is -0.125. The van der Waals surface area contributed by atoms with Crippen LogP contribution in [0.15, 0.2) is 48.8 Å². The molecule has 0 bridgehead atoms. The first-order valence-electron chi connectivity index (χ1n) is 10.3. The van der Waals surface area contributed by atoms with Crippen LogP contribution in [0.5, 0.6) is 5.75 Å². The molecule has 1 aromatic carbocycles. The van der Waals surface area contributed by atoms with Gasteiger partial charge in [0.15, 0.2) is 0 Å². The number of amides is 1. The summed E-state index contributed by atoms with van der Waals surface area (Å²) >= 11 is 0. The van der Waals surface area contributed by atoms with E-state index in [0.717, 1.165) is 44.6 Å². The van der Waals surface area contributed by atoms with Crippen LogP contribution in [-0.4, -0.2) is 41.6 Å². The fourth-order valence-electron chi connectivity index (χ4n) is 3.89. The predicted molar refractivity (Wildman–Crippen MR) is 112 cm³/mol. The topological polar surface area (TPSA) is 46.5 Å². The first-order chi connectivity index (χ1) is 13.5. The first kappa shape index (κ1) is 20.5. The summed E-state index contributed by atoms with van der Waals surface area (Å²) in [5, 5.41) is 3.31. The van der Waals surface area contributed by atoms with Gasteiger partial charge in [-0.3, -0.25) is 9.69 Å². The predicted octanol–water partition coefficient (Wildman–Crippen LogP) is 3.86. The molecular formula is C23H33N3O2. The van der Waals surface area contributed by atoms with Crippen LogP contribution in [0, 0.1) is 5.92 Å². The maximum Gasteiger partial charge on any atom is 0.243 e. The molecule has 5 nitrogen and oxygen atoms in total. The molecule has 0 aliphatic carbocycles. The minimum atomic E-state index is -0.118. The number of benzene rings is 1. The summed E-state index contributed by atoms with van der Waals surface area (Å²) in [5.74, 6) is 1.52. The van der Waals surface area contributed by atoms with Crippen molar-refractivity contribution in [2.45, 2.75) is 51.7 Å². The summed E-state index contributed by atoms with van der Waals surface area (Å²) in [7, 11) is 1.69. The molecule has 1 fully saturated rings. The molecule has 1 aromatic heterocycles. The van der Waals surface area contributed by atoms with E-state index in [2.05, 4.69) is 36.2 Å². The molecule has 0 radical (unpaired) electrons. The monoisotopic (exact) mass is 383 g/mol. The molecule has 1 atom stereocenters. The number of piperidine rings is 1. The van der Waals surface area contributed by atoms with Crippen LogP contribution in [0.1, 0.15) is 44.7 Å². The Morgan fingerprint density at radius 2 is 1.79 bits per heavy atom. The second-order valence-corrected chi connectivity index (χ2v) is 8.18. The normalized spacial score (nSPS) is 16.9. The average Bonchev–Trinajstić information content (AvgIpc) is 3.22. The third-order valence-corrected chi connectivity index (χ3v) is 5.48. The maximum absolute atomic E-state index is 12.9. The molecule has 152 valence electrons. The van der Waals surface area contributed by atoms with Crippen LogP contribution >= 0.6 is 0 Å². The van der Waals surface area contributed by atoms with Crippen molar-refractivity contribution in [3.05, 3.63) is 54.4 Å². The van der Waals surface area contributed by atoms with Crippen molar-refractivity contribution >= 4 is 5.91 Å². The van der Waals surface area contributed by atoms with E-state index < -0.39 is 0 Å². The summed E-state index contributed by atoms with van der Waals surface area (Å²) in [6.07, 6.45) is 6.84. The number of hydrogen-bond donors (Lipinski definition) is 1. The van der Waals surface area contributed by atoms with Crippen LogP contribution in [0.3, 0.4) is 0 Å². The molecule has 2 heterocycles. The Balaban J connectivity index is 1.49. The number of likely N-dealkylation sites (tertiary alicyclic amines) is 1. The van der Waals surface area contributed by atoms with Crippen molar-refractivity contribution in [2.75, 3.05) is 20.2 Å². The Labute approximate surface area is 168 Å². The molecule has 0 spiro atoms. The Kier molecular flexibility index (Phi) is 7.15. The Bertz CT molecular complexity index is 717. The molecule has 1 N–H and O–H groups in total. The smallest absolute Gasteiger partial charge is 0.243 e. The van der Waals surface area contributed by atoms with E-state index in [9.17, 15) is 4.79 Å². The molecule has 0 saturated carbocycles. The highest BCUT2D eigenvalue weighted by Gasteiger charge is 2.26. The van der Waals surface area contributed by atoms with Gasteiger partial charge in [0.1, 0.15) is 11.8 Å². The molecule has 1 amide bonds. The van der Waals surface area contributed by atoms with Gasteiger partial charge >= 0.3 is 0 Å². The van der Waals surface area contributed by atoms with Gasteiger partial charge in [-0.05, 0) is 55.0 Å². The van der Waals surface area contributed by atoms with Crippen LogP contribution in [0.4, 0.5) is 0 Å². The number of methoxy groups -OCH3 is 1. The van der Waals surface area contributed by atoms with Crippen LogP contribution in [-0.2, 0) is 11.3 Å². The fraction of sp³-hybridized carbons (Fsp3) is 0.522. The van der Waals surface area contributed by atoms with E-state index in [1.54, 1.807) is 7.11 Å². The third kappa shape index (κ3) is 5.61. The molecule has 5 heteroatoms. The van der Waals surface area contributed by atoms with Gasteiger partial charge in [0.2, 0.25) is 5.91 Å². The highest BCUT2D eigenvalue weighted by molar-refractivity contribution is 5.80. The number of hydrogen-bond acceptors (Lipinski definition) is 3. The maximum atomic E-state index is 12.9. The molecule has 2 aromatic rings. The van der Waals surface area contributed by atoms with Gasteiger partial charge in [-0.2, -0.15) is 0 Å². The lowest BCUT2D eigenvalue weighted by atomic mass is 10.0. The lowest BCUT2D eigenvalue weighted by Gasteiger charge is -2.33. The van der Waals surface area contributed by atoms with Gasteiger partial charge < -0.3 is 14.6 Å². The van der Waals surface area contributed by atoms with Crippen LogP contribution < -0.4 is 10.1 Å². The van der Waals surface area contributed by atoms with Crippen LogP contribution in [0.25, 0.3) is 0 Å². The van der Waals surface area contributed by atoms with E-state index in [4.69, 9.17) is 4.74 Å². The zero-order chi connectivity index (χ0) is 19.9. The number of carbonyl (C=O) groups excluding carboxylic acids is 1. The standard InChI is InChI=1S/C23H33N3O2/c1-18(2)16-22(26-12-4-5-13-26)23(27)24-20-10-14-25(15-11-20)17-19-6-8-21(28-3)9-7-19/h4-9,12-13,18,20,22H,10-11,14-17H2,1-3H3,(H,24,27)/t22-/m0/s1. The van der Waals surface area contributed by atoms with E-state index >= 15 is 0 Å². The highest BCUT2D eigenvalue weighted by atomic mass is 16.5. The lowest BCUT2D eigenvalue weighted by Crippen LogP contribution is -2.46. The zero-order valence-corrected chi connectivity index (χ0v) is 17.3. The number of ether oxygens (including phenoxy) is 1. The first-order valence-corrected chi connectivity index (χ1v) is 10.3. The van der Waals surface area contributed by atoms with Gasteiger partial charge in [0.25, 0.3) is 0 Å². The summed E-state index contributed by atoms with van der Waals surface area (Å²) in [4.78, 5) is 15.4. The summed E-state index contributed by atoms with van der Waals surface area (Å²) in [6.45, 7) is 7.30. The molecule has 0 unspecified atom stereocenters. The SMILES string of the molecule is COc1ccc(CN2CCC(NC(=O)[C@H](CC(C)C)n3cccc3)CC2)cc1. The van der Waals surface area contributed by atoms with Crippen molar-refractivity contribution in [1.82, 2.24) is 14.8 Å². The van der Waals surface area contributed by atoms with Crippen molar-refractivity contribution in [2.24, 2.45) is 5.92 Å². The van der Waals surface area contributed by atoms with Gasteiger partial charge in [0, 0.05) is 38.1 Å². The van der Waals surface area contributed by atoms with Crippen LogP contribution in [0.2, 0.25) is 0 Å². The quantitative estimate of drug-likeness (QED) is 0.753. The third-order valence-electron chi connectivity index (χ3n) is 5.48. The van der Waals surface area contributed by atoms with Gasteiger partial charge in [-0.25, -0.2) is 0 Å². The van der Waals surface area contributed by atoms with E-state index in [1.807, 2.05) is 41.2 Å². The number of rotatable bonds is 8. The Hall–Kier alpha value is -2.27. The molecule has 3 rings (SSSR count). The van der Waals surface area contributed by atoms with E-state index in [1.165, 1.54) is 5.56 Å². The Morgan fingerprint density at radius 3 is 2.36 bits per heavy atom. The second-order valence-electron chi connectivity index (χ2n) is 8.18. The number of aromatic nitrogens is 1. The average molecular weight is 384 g/mol. The van der Waals surface area contributed by atoms with E-state index in [0.29, 0.717) is 5.92 Å². The van der Waals surface area contributed by atoms with Gasteiger partial charge in [-0.1, -0.05) is 26.0 Å². The molecule has 28 heavy (non-hydrogen) atoms. The largest absolute Gasteiger partial charge is 0.497 e. The second kappa shape index (κ2) is 9.78. The number of nitrogens with one attached hydrogen (secondary N) is 1.